The van der Waals surface area contributed by atoms with Crippen LogP contribution in [0.25, 0.3) is 0 Å². The predicted molar refractivity (Wildman–Crippen MR) is 46.0 cm³/mol. The Balaban J connectivity index is 2.11. The van der Waals surface area contributed by atoms with Gasteiger partial charge in [0.15, 0.2) is 0 Å². The predicted octanol–water partition coefficient (Wildman–Crippen LogP) is 1.69. The van der Waals surface area contributed by atoms with Crippen LogP contribution in [0.3, 0.4) is 0 Å². The minimum Gasteiger partial charge on any atom is -0.469 e. The molecule has 2 rings (SSSR count). The molecule has 3 heteroatoms. The molecule has 2 heterocycles. The molecule has 0 aliphatic carbocycles. The van der Waals surface area contributed by atoms with Crippen LogP contribution in [-0.2, 0) is 16.0 Å². The molecule has 0 radical (unpaired) electrons. The summed E-state index contributed by atoms with van der Waals surface area (Å²) in [5.74, 6) is 0.538. The molecule has 3 nitrogen and oxygen atoms in total. The molecule has 13 heavy (non-hydrogen) atoms. The number of furan rings is 1. The zero-order valence-corrected chi connectivity index (χ0v) is 7.32. The van der Waals surface area contributed by atoms with E-state index < -0.39 is 5.60 Å². The van der Waals surface area contributed by atoms with E-state index in [1.54, 1.807) is 12.3 Å². The lowest BCUT2D eigenvalue weighted by Crippen LogP contribution is -2.26. The topological polar surface area (TPSA) is 39.4 Å². The minimum absolute atomic E-state index is 0.283. The lowest BCUT2D eigenvalue weighted by Gasteiger charge is -2.19. The van der Waals surface area contributed by atoms with E-state index >= 15 is 0 Å². The maximum atomic E-state index is 10.8. The first-order valence-corrected chi connectivity index (χ1v) is 4.13. The molecule has 0 saturated heterocycles. The van der Waals surface area contributed by atoms with E-state index in [9.17, 15) is 4.79 Å². The fourth-order valence-electron chi connectivity index (χ4n) is 1.40. The van der Waals surface area contributed by atoms with Crippen LogP contribution >= 0.6 is 0 Å². The van der Waals surface area contributed by atoms with Crippen molar-refractivity contribution >= 4 is 5.97 Å². The van der Waals surface area contributed by atoms with Gasteiger partial charge in [0.25, 0.3) is 0 Å². The first-order chi connectivity index (χ1) is 6.18. The quantitative estimate of drug-likeness (QED) is 0.647. The Morgan fingerprint density at radius 1 is 1.54 bits per heavy atom. The van der Waals surface area contributed by atoms with Crippen molar-refractivity contribution in [1.29, 1.82) is 0 Å². The van der Waals surface area contributed by atoms with Crippen LogP contribution < -0.4 is 0 Å². The summed E-state index contributed by atoms with van der Waals surface area (Å²) in [5.41, 5.74) is -0.533. The van der Waals surface area contributed by atoms with E-state index in [0.29, 0.717) is 6.42 Å². The van der Waals surface area contributed by atoms with E-state index in [-0.39, 0.29) is 5.97 Å². The first-order valence-electron chi connectivity index (χ1n) is 4.13. The second kappa shape index (κ2) is 2.76. The summed E-state index contributed by atoms with van der Waals surface area (Å²) in [5, 5.41) is 0. The summed E-state index contributed by atoms with van der Waals surface area (Å²) in [6, 6.07) is 3.68. The molecule has 0 amide bonds. The molecule has 1 aromatic rings. The number of hydrogen-bond acceptors (Lipinski definition) is 3. The highest BCUT2D eigenvalue weighted by Gasteiger charge is 2.31. The Morgan fingerprint density at radius 3 is 2.92 bits per heavy atom. The van der Waals surface area contributed by atoms with Gasteiger partial charge in [0.2, 0.25) is 0 Å². The van der Waals surface area contributed by atoms with Crippen molar-refractivity contribution in [3.63, 3.8) is 0 Å². The van der Waals surface area contributed by atoms with Crippen molar-refractivity contribution in [2.45, 2.75) is 18.9 Å². The van der Waals surface area contributed by atoms with Crippen molar-refractivity contribution in [1.82, 2.24) is 0 Å². The van der Waals surface area contributed by atoms with Gasteiger partial charge in [-0.05, 0) is 25.1 Å². The molecule has 1 unspecified atom stereocenters. The van der Waals surface area contributed by atoms with Crippen molar-refractivity contribution in [2.24, 2.45) is 0 Å². The Labute approximate surface area is 76.0 Å². The monoisotopic (exact) mass is 178 g/mol. The maximum Gasteiger partial charge on any atom is 0.331 e. The zero-order valence-electron chi connectivity index (χ0n) is 7.32. The standard InChI is InChI=1S/C10H10O3/c1-10(5-4-9(11)13-10)7-8-3-2-6-12-8/h2-6H,7H2,1H3. The molecule has 0 saturated carbocycles. The number of rotatable bonds is 2. The maximum absolute atomic E-state index is 10.8. The van der Waals surface area contributed by atoms with Crippen LogP contribution in [0, 0.1) is 0 Å². The highest BCUT2D eigenvalue weighted by atomic mass is 16.6. The molecule has 0 bridgehead atoms. The largest absolute Gasteiger partial charge is 0.469 e. The average molecular weight is 178 g/mol. The molecule has 1 aromatic heterocycles. The Kier molecular flexibility index (Phi) is 1.72. The number of hydrogen-bond donors (Lipinski definition) is 0. The van der Waals surface area contributed by atoms with Crippen LogP contribution in [0.4, 0.5) is 0 Å². The third-order valence-corrected chi connectivity index (χ3v) is 2.01. The summed E-state index contributed by atoms with van der Waals surface area (Å²) < 4.78 is 10.3. The van der Waals surface area contributed by atoms with Crippen molar-refractivity contribution < 1.29 is 13.9 Å². The summed E-state index contributed by atoms with van der Waals surface area (Å²) in [6.45, 7) is 1.86. The summed E-state index contributed by atoms with van der Waals surface area (Å²) in [4.78, 5) is 10.8. The van der Waals surface area contributed by atoms with E-state index in [4.69, 9.17) is 9.15 Å². The first kappa shape index (κ1) is 8.10. The molecule has 0 N–H and O–H groups in total. The Hall–Kier alpha value is -1.51. The van der Waals surface area contributed by atoms with Crippen LogP contribution in [0.5, 0.6) is 0 Å². The molecule has 1 aliphatic heterocycles. The third-order valence-electron chi connectivity index (χ3n) is 2.01. The van der Waals surface area contributed by atoms with Crippen LogP contribution in [-0.4, -0.2) is 11.6 Å². The third kappa shape index (κ3) is 1.64. The van der Waals surface area contributed by atoms with E-state index in [0.717, 1.165) is 5.76 Å². The molecule has 0 spiro atoms. The SMILES string of the molecule is CC1(Cc2ccco2)C=CC(=O)O1. The molecule has 68 valence electrons. The Bertz CT molecular complexity index is 337. The van der Waals surface area contributed by atoms with Crippen LogP contribution in [0.15, 0.2) is 35.0 Å². The van der Waals surface area contributed by atoms with Gasteiger partial charge in [0, 0.05) is 12.5 Å². The van der Waals surface area contributed by atoms with Crippen molar-refractivity contribution in [2.75, 3.05) is 0 Å². The molecule has 0 aromatic carbocycles. The number of carbonyl (C=O) groups is 1. The minimum atomic E-state index is -0.533. The fourth-order valence-corrected chi connectivity index (χ4v) is 1.40. The number of cyclic esters (lactones) is 1. The van der Waals surface area contributed by atoms with Gasteiger partial charge in [-0.25, -0.2) is 4.79 Å². The molecule has 1 atom stereocenters. The second-order valence-corrected chi connectivity index (χ2v) is 3.32. The highest BCUT2D eigenvalue weighted by molar-refractivity contribution is 5.85. The normalized spacial score (nSPS) is 26.4. The Morgan fingerprint density at radius 2 is 2.38 bits per heavy atom. The number of esters is 1. The average Bonchev–Trinajstić information content (AvgIpc) is 2.62. The van der Waals surface area contributed by atoms with Gasteiger partial charge in [-0.2, -0.15) is 0 Å². The highest BCUT2D eigenvalue weighted by Crippen LogP contribution is 2.24. The van der Waals surface area contributed by atoms with Gasteiger partial charge >= 0.3 is 5.97 Å². The van der Waals surface area contributed by atoms with Gasteiger partial charge in [-0.15, -0.1) is 0 Å². The van der Waals surface area contributed by atoms with Gasteiger partial charge in [0.05, 0.1) is 6.26 Å². The molecular formula is C10H10O3. The van der Waals surface area contributed by atoms with Crippen molar-refractivity contribution in [3.8, 4) is 0 Å². The van der Waals surface area contributed by atoms with E-state index in [2.05, 4.69) is 0 Å². The van der Waals surface area contributed by atoms with Crippen LogP contribution in [0.1, 0.15) is 12.7 Å². The summed E-state index contributed by atoms with van der Waals surface area (Å²) in [6.07, 6.45) is 5.40. The molecular weight excluding hydrogens is 168 g/mol. The molecule has 1 aliphatic rings. The van der Waals surface area contributed by atoms with Crippen LogP contribution in [0.2, 0.25) is 0 Å². The smallest absolute Gasteiger partial charge is 0.331 e. The zero-order chi connectivity index (χ0) is 9.31. The summed E-state index contributed by atoms with van der Waals surface area (Å²) in [7, 11) is 0. The van der Waals surface area contributed by atoms with Gasteiger partial charge < -0.3 is 9.15 Å². The van der Waals surface area contributed by atoms with E-state index in [1.807, 2.05) is 19.1 Å². The molecule has 0 fully saturated rings. The lowest BCUT2D eigenvalue weighted by atomic mass is 10.0. The summed E-state index contributed by atoms with van der Waals surface area (Å²) >= 11 is 0. The van der Waals surface area contributed by atoms with Gasteiger partial charge in [-0.1, -0.05) is 0 Å². The number of ether oxygens (including phenoxy) is 1. The second-order valence-electron chi connectivity index (χ2n) is 3.32. The van der Waals surface area contributed by atoms with E-state index in [1.165, 1.54) is 6.08 Å². The fraction of sp³-hybridized carbons (Fsp3) is 0.300. The lowest BCUT2D eigenvalue weighted by molar-refractivity contribution is -0.144. The van der Waals surface area contributed by atoms with Gasteiger partial charge in [-0.3, -0.25) is 0 Å². The number of carbonyl (C=O) groups excluding carboxylic acids is 1. The van der Waals surface area contributed by atoms with Crippen molar-refractivity contribution in [3.05, 3.63) is 36.3 Å². The van der Waals surface area contributed by atoms with Gasteiger partial charge in [0.1, 0.15) is 11.4 Å².